The highest BCUT2D eigenvalue weighted by atomic mass is 16.7. The van der Waals surface area contributed by atoms with Gasteiger partial charge in [0.2, 0.25) is 0 Å². The van der Waals surface area contributed by atoms with Crippen molar-refractivity contribution in [3.05, 3.63) is 0 Å². The first kappa shape index (κ1) is 19.5. The molecule has 7 heteroatoms. The molecule has 0 spiro atoms. The first-order valence-electron chi connectivity index (χ1n) is 6.77. The molecule has 0 aliphatic rings. The standard InChI is InChI=1S/C14H24O7/c1-6-19-13(17)14(11(4)15,8-20-10(2)3)7-18-9-21-12(5)16/h10H,6-9H2,1-5H3. The van der Waals surface area contributed by atoms with Gasteiger partial charge in [-0.05, 0) is 27.7 Å². The number of Topliss-reactive ketones (excluding diaryl/α,β-unsaturated/α-hetero) is 1. The van der Waals surface area contributed by atoms with Crippen molar-refractivity contribution in [2.75, 3.05) is 26.6 Å². The fourth-order valence-electron chi connectivity index (χ4n) is 1.43. The molecule has 0 radical (unpaired) electrons. The van der Waals surface area contributed by atoms with Crippen LogP contribution < -0.4 is 0 Å². The van der Waals surface area contributed by atoms with Gasteiger partial charge in [0.05, 0.1) is 25.9 Å². The Morgan fingerprint density at radius 3 is 2.10 bits per heavy atom. The van der Waals surface area contributed by atoms with Crippen LogP contribution in [0.25, 0.3) is 0 Å². The summed E-state index contributed by atoms with van der Waals surface area (Å²) in [7, 11) is 0. The quantitative estimate of drug-likeness (QED) is 0.258. The summed E-state index contributed by atoms with van der Waals surface area (Å²) in [5.41, 5.74) is -1.56. The zero-order valence-electron chi connectivity index (χ0n) is 13.3. The molecule has 0 aromatic heterocycles. The smallest absolute Gasteiger partial charge is 0.324 e. The lowest BCUT2D eigenvalue weighted by Gasteiger charge is -2.29. The molecule has 0 N–H and O–H groups in total. The van der Waals surface area contributed by atoms with Gasteiger partial charge in [0.15, 0.2) is 18.0 Å². The van der Waals surface area contributed by atoms with Crippen molar-refractivity contribution in [3.63, 3.8) is 0 Å². The van der Waals surface area contributed by atoms with Crippen LogP contribution in [0.2, 0.25) is 0 Å². The normalized spacial score (nSPS) is 13.6. The first-order valence-corrected chi connectivity index (χ1v) is 6.77. The molecule has 0 aliphatic heterocycles. The summed E-state index contributed by atoms with van der Waals surface area (Å²) in [6, 6.07) is 0. The van der Waals surface area contributed by atoms with Crippen molar-refractivity contribution < 1.29 is 33.3 Å². The number of esters is 2. The number of ether oxygens (including phenoxy) is 4. The molecule has 122 valence electrons. The summed E-state index contributed by atoms with van der Waals surface area (Å²) in [6.07, 6.45) is -0.161. The molecule has 0 aromatic carbocycles. The average molecular weight is 304 g/mol. The third-order valence-electron chi connectivity index (χ3n) is 2.70. The van der Waals surface area contributed by atoms with Crippen LogP contribution in [0.1, 0.15) is 34.6 Å². The lowest BCUT2D eigenvalue weighted by molar-refractivity contribution is -0.176. The minimum Gasteiger partial charge on any atom is -0.465 e. The molecule has 0 aliphatic carbocycles. The molecule has 21 heavy (non-hydrogen) atoms. The summed E-state index contributed by atoms with van der Waals surface area (Å²) in [5.74, 6) is -1.65. The van der Waals surface area contributed by atoms with Gasteiger partial charge in [0.1, 0.15) is 0 Å². The molecule has 0 saturated carbocycles. The third-order valence-corrected chi connectivity index (χ3v) is 2.70. The van der Waals surface area contributed by atoms with E-state index >= 15 is 0 Å². The second-order valence-electron chi connectivity index (χ2n) is 4.82. The zero-order valence-corrected chi connectivity index (χ0v) is 13.3. The van der Waals surface area contributed by atoms with Gasteiger partial charge in [-0.1, -0.05) is 0 Å². The zero-order chi connectivity index (χ0) is 16.5. The number of carbonyl (C=O) groups excluding carboxylic acids is 3. The van der Waals surface area contributed by atoms with Gasteiger partial charge in [-0.25, -0.2) is 0 Å². The van der Waals surface area contributed by atoms with Crippen molar-refractivity contribution in [2.45, 2.75) is 40.7 Å². The maximum absolute atomic E-state index is 12.1. The van der Waals surface area contributed by atoms with Crippen LogP contribution in [0.3, 0.4) is 0 Å². The van der Waals surface area contributed by atoms with Crippen LogP contribution in [-0.4, -0.2) is 50.4 Å². The summed E-state index contributed by atoms with van der Waals surface area (Å²) in [4.78, 5) is 34.8. The predicted octanol–water partition coefficient (Wildman–Crippen LogP) is 1.09. The number of carbonyl (C=O) groups is 3. The van der Waals surface area contributed by atoms with E-state index in [1.165, 1.54) is 13.8 Å². The van der Waals surface area contributed by atoms with Crippen LogP contribution in [0.5, 0.6) is 0 Å². The number of ketones is 1. The van der Waals surface area contributed by atoms with Gasteiger partial charge in [0, 0.05) is 6.92 Å². The van der Waals surface area contributed by atoms with E-state index < -0.39 is 23.1 Å². The van der Waals surface area contributed by atoms with Crippen molar-refractivity contribution in [1.82, 2.24) is 0 Å². The summed E-state index contributed by atoms with van der Waals surface area (Å²) in [5, 5.41) is 0. The highest BCUT2D eigenvalue weighted by molar-refractivity contribution is 6.03. The number of rotatable bonds is 10. The van der Waals surface area contributed by atoms with Crippen LogP contribution in [0.15, 0.2) is 0 Å². The summed E-state index contributed by atoms with van der Waals surface area (Å²) < 4.78 is 20.1. The van der Waals surface area contributed by atoms with Crippen LogP contribution >= 0.6 is 0 Å². The van der Waals surface area contributed by atoms with E-state index in [1.54, 1.807) is 20.8 Å². The molecule has 0 aromatic rings. The average Bonchev–Trinajstić information content (AvgIpc) is 2.37. The topological polar surface area (TPSA) is 88.1 Å². The molecule has 0 rings (SSSR count). The lowest BCUT2D eigenvalue weighted by atomic mass is 9.85. The van der Waals surface area contributed by atoms with Gasteiger partial charge in [-0.15, -0.1) is 0 Å². The van der Waals surface area contributed by atoms with Crippen molar-refractivity contribution in [3.8, 4) is 0 Å². The van der Waals surface area contributed by atoms with Gasteiger partial charge < -0.3 is 18.9 Å². The minimum atomic E-state index is -1.56. The molecular formula is C14H24O7. The van der Waals surface area contributed by atoms with E-state index in [0.717, 1.165) is 0 Å². The summed E-state index contributed by atoms with van der Waals surface area (Å²) in [6.45, 7) is 7.09. The number of hydrogen-bond acceptors (Lipinski definition) is 7. The largest absolute Gasteiger partial charge is 0.465 e. The Morgan fingerprint density at radius 1 is 1.05 bits per heavy atom. The molecule has 1 atom stereocenters. The van der Waals surface area contributed by atoms with E-state index in [9.17, 15) is 14.4 Å². The van der Waals surface area contributed by atoms with E-state index in [0.29, 0.717) is 0 Å². The molecule has 7 nitrogen and oxygen atoms in total. The van der Waals surface area contributed by atoms with E-state index in [-0.39, 0.29) is 32.7 Å². The van der Waals surface area contributed by atoms with Crippen LogP contribution in [0, 0.1) is 5.41 Å². The summed E-state index contributed by atoms with van der Waals surface area (Å²) >= 11 is 0. The van der Waals surface area contributed by atoms with Crippen molar-refractivity contribution in [1.29, 1.82) is 0 Å². The Hall–Kier alpha value is -1.47. The van der Waals surface area contributed by atoms with Crippen LogP contribution in [0.4, 0.5) is 0 Å². The van der Waals surface area contributed by atoms with Gasteiger partial charge in [-0.3, -0.25) is 14.4 Å². The van der Waals surface area contributed by atoms with E-state index in [1.807, 2.05) is 0 Å². The lowest BCUT2D eigenvalue weighted by Crippen LogP contribution is -2.48. The Labute approximate surface area is 124 Å². The Kier molecular flexibility index (Phi) is 8.80. The second kappa shape index (κ2) is 9.46. The van der Waals surface area contributed by atoms with Crippen molar-refractivity contribution in [2.24, 2.45) is 5.41 Å². The van der Waals surface area contributed by atoms with Gasteiger partial charge in [-0.2, -0.15) is 0 Å². The van der Waals surface area contributed by atoms with E-state index in [4.69, 9.17) is 14.2 Å². The first-order chi connectivity index (χ1) is 9.76. The Morgan fingerprint density at radius 2 is 1.67 bits per heavy atom. The van der Waals surface area contributed by atoms with E-state index in [2.05, 4.69) is 4.74 Å². The number of hydrogen-bond donors (Lipinski definition) is 0. The predicted molar refractivity (Wildman–Crippen MR) is 73.4 cm³/mol. The molecule has 0 bridgehead atoms. The fraction of sp³-hybridized carbons (Fsp3) is 0.786. The molecule has 0 fully saturated rings. The molecular weight excluding hydrogens is 280 g/mol. The molecule has 0 amide bonds. The van der Waals surface area contributed by atoms with Gasteiger partial charge in [0.25, 0.3) is 0 Å². The third kappa shape index (κ3) is 6.68. The maximum atomic E-state index is 12.1. The van der Waals surface area contributed by atoms with Crippen LogP contribution in [-0.2, 0) is 33.3 Å². The monoisotopic (exact) mass is 304 g/mol. The second-order valence-corrected chi connectivity index (χ2v) is 4.82. The van der Waals surface area contributed by atoms with Gasteiger partial charge >= 0.3 is 11.9 Å². The molecule has 1 unspecified atom stereocenters. The Bertz CT molecular complexity index is 364. The molecule has 0 heterocycles. The van der Waals surface area contributed by atoms with Crippen molar-refractivity contribution >= 4 is 17.7 Å². The highest BCUT2D eigenvalue weighted by Gasteiger charge is 2.46. The molecule has 0 saturated heterocycles. The fourth-order valence-corrected chi connectivity index (χ4v) is 1.43. The highest BCUT2D eigenvalue weighted by Crippen LogP contribution is 2.23. The Balaban J connectivity index is 4.95. The SMILES string of the molecule is CCOC(=O)C(COCOC(C)=O)(COC(C)C)C(C)=O. The minimum absolute atomic E-state index is 0.138. The maximum Gasteiger partial charge on any atom is 0.324 e.